The molecule has 0 amide bonds. The fourth-order valence-corrected chi connectivity index (χ4v) is 2.84. The molecule has 3 N–H and O–H groups in total. The molecule has 0 radical (unpaired) electrons. The summed E-state index contributed by atoms with van der Waals surface area (Å²) in [6.07, 6.45) is 0. The van der Waals surface area contributed by atoms with E-state index < -0.39 is 0 Å². The predicted molar refractivity (Wildman–Crippen MR) is 99.3 cm³/mol. The SMILES string of the molecule is CNc1ccc(-c2c(C#N)c(C#N)c(N)n2-c2ccc(C)cc2)cc1. The number of rotatable bonds is 3. The molecule has 3 aromatic rings. The zero-order valence-corrected chi connectivity index (χ0v) is 14.0. The Morgan fingerprint density at radius 2 is 1.52 bits per heavy atom. The Hall–Kier alpha value is -3.70. The van der Waals surface area contributed by atoms with Crippen molar-refractivity contribution < 1.29 is 0 Å². The lowest BCUT2D eigenvalue weighted by atomic mass is 10.1. The topological polar surface area (TPSA) is 90.6 Å². The second-order valence-corrected chi connectivity index (χ2v) is 5.71. The van der Waals surface area contributed by atoms with Crippen molar-refractivity contribution in [1.29, 1.82) is 10.5 Å². The lowest BCUT2D eigenvalue weighted by molar-refractivity contribution is 1.09. The minimum Gasteiger partial charge on any atom is -0.388 e. The molecule has 3 rings (SSSR count). The fourth-order valence-electron chi connectivity index (χ4n) is 2.84. The summed E-state index contributed by atoms with van der Waals surface area (Å²) in [5.74, 6) is 0.274. The molecule has 0 spiro atoms. The van der Waals surface area contributed by atoms with E-state index in [2.05, 4.69) is 17.5 Å². The van der Waals surface area contributed by atoms with E-state index in [4.69, 9.17) is 5.73 Å². The van der Waals surface area contributed by atoms with E-state index in [0.29, 0.717) is 5.69 Å². The van der Waals surface area contributed by atoms with Gasteiger partial charge in [0.05, 0.1) is 11.3 Å². The first-order valence-electron chi connectivity index (χ1n) is 7.80. The molecular formula is C20H17N5. The molecule has 122 valence electrons. The van der Waals surface area contributed by atoms with Gasteiger partial charge in [-0.15, -0.1) is 0 Å². The summed E-state index contributed by atoms with van der Waals surface area (Å²) in [5, 5.41) is 22.2. The zero-order valence-electron chi connectivity index (χ0n) is 14.0. The van der Waals surface area contributed by atoms with Crippen molar-refractivity contribution in [3.63, 3.8) is 0 Å². The zero-order chi connectivity index (χ0) is 18.0. The van der Waals surface area contributed by atoms with Crippen LogP contribution in [0.3, 0.4) is 0 Å². The molecule has 5 nitrogen and oxygen atoms in total. The Bertz CT molecular complexity index is 997. The van der Waals surface area contributed by atoms with E-state index in [9.17, 15) is 10.5 Å². The lowest BCUT2D eigenvalue weighted by Crippen LogP contribution is -2.03. The summed E-state index contributed by atoms with van der Waals surface area (Å²) >= 11 is 0. The molecule has 1 heterocycles. The van der Waals surface area contributed by atoms with Gasteiger partial charge < -0.3 is 11.1 Å². The van der Waals surface area contributed by atoms with Gasteiger partial charge in [-0.3, -0.25) is 4.57 Å². The third kappa shape index (κ3) is 2.69. The van der Waals surface area contributed by atoms with Crippen molar-refractivity contribution in [1.82, 2.24) is 4.57 Å². The number of aromatic nitrogens is 1. The molecule has 0 atom stereocenters. The number of nitrogens with two attached hydrogens (primary N) is 1. The Morgan fingerprint density at radius 3 is 2.04 bits per heavy atom. The van der Waals surface area contributed by atoms with Gasteiger partial charge in [0.15, 0.2) is 0 Å². The smallest absolute Gasteiger partial charge is 0.128 e. The number of nitrogens with one attached hydrogen (secondary N) is 1. The highest BCUT2D eigenvalue weighted by molar-refractivity contribution is 5.81. The molecule has 0 aliphatic heterocycles. The average molecular weight is 327 g/mol. The highest BCUT2D eigenvalue weighted by Gasteiger charge is 2.23. The van der Waals surface area contributed by atoms with Crippen LogP contribution < -0.4 is 11.1 Å². The molecule has 25 heavy (non-hydrogen) atoms. The molecular weight excluding hydrogens is 310 g/mol. The summed E-state index contributed by atoms with van der Waals surface area (Å²) in [7, 11) is 1.84. The third-order valence-corrected chi connectivity index (χ3v) is 4.17. The van der Waals surface area contributed by atoms with Gasteiger partial charge in [-0.1, -0.05) is 29.8 Å². The molecule has 0 saturated carbocycles. The van der Waals surface area contributed by atoms with Crippen LogP contribution in [0.15, 0.2) is 48.5 Å². The van der Waals surface area contributed by atoms with E-state index in [0.717, 1.165) is 22.5 Å². The molecule has 5 heteroatoms. The molecule has 1 aromatic heterocycles. The number of hydrogen-bond acceptors (Lipinski definition) is 4. The third-order valence-electron chi connectivity index (χ3n) is 4.17. The number of hydrogen-bond donors (Lipinski definition) is 2. The molecule has 2 aromatic carbocycles. The maximum atomic E-state index is 9.64. The summed E-state index contributed by atoms with van der Waals surface area (Å²) in [5.41, 5.74) is 11.1. The van der Waals surface area contributed by atoms with Crippen LogP contribution in [0, 0.1) is 29.6 Å². The number of benzene rings is 2. The van der Waals surface area contributed by atoms with Crippen LogP contribution in [0.1, 0.15) is 16.7 Å². The van der Waals surface area contributed by atoms with Gasteiger partial charge in [0.2, 0.25) is 0 Å². The van der Waals surface area contributed by atoms with E-state index in [1.54, 1.807) is 4.57 Å². The number of nitrogens with zero attached hydrogens (tertiary/aromatic N) is 3. The van der Waals surface area contributed by atoms with E-state index in [1.807, 2.05) is 62.5 Å². The molecule has 0 bridgehead atoms. The first-order chi connectivity index (χ1) is 12.1. The maximum absolute atomic E-state index is 9.64. The Morgan fingerprint density at radius 1 is 0.920 bits per heavy atom. The van der Waals surface area contributed by atoms with Gasteiger partial charge in [-0.05, 0) is 31.2 Å². The van der Waals surface area contributed by atoms with Crippen molar-refractivity contribution in [2.75, 3.05) is 18.1 Å². The number of nitrogen functional groups attached to an aromatic ring is 1. The minimum absolute atomic E-state index is 0.204. The largest absolute Gasteiger partial charge is 0.388 e. The first-order valence-corrected chi connectivity index (χ1v) is 7.80. The van der Waals surface area contributed by atoms with Crippen molar-refractivity contribution in [3.8, 4) is 29.1 Å². The summed E-state index contributed by atoms with van der Waals surface area (Å²) in [4.78, 5) is 0. The molecule has 0 saturated heterocycles. The van der Waals surface area contributed by atoms with Gasteiger partial charge in [0.1, 0.15) is 23.5 Å². The summed E-state index contributed by atoms with van der Waals surface area (Å²) < 4.78 is 1.77. The van der Waals surface area contributed by atoms with E-state index >= 15 is 0 Å². The van der Waals surface area contributed by atoms with Gasteiger partial charge in [-0.2, -0.15) is 10.5 Å². The second kappa shape index (κ2) is 6.43. The predicted octanol–water partition coefficient (Wildman–Crippen LogP) is 3.82. The lowest BCUT2D eigenvalue weighted by Gasteiger charge is -2.13. The van der Waals surface area contributed by atoms with Crippen LogP contribution in [-0.4, -0.2) is 11.6 Å². The Balaban J connectivity index is 2.33. The van der Waals surface area contributed by atoms with E-state index in [1.165, 1.54) is 0 Å². The van der Waals surface area contributed by atoms with Crippen LogP contribution in [0.4, 0.5) is 11.5 Å². The average Bonchev–Trinajstić information content (AvgIpc) is 2.94. The molecule has 0 unspecified atom stereocenters. The van der Waals surface area contributed by atoms with Crippen LogP contribution in [-0.2, 0) is 0 Å². The van der Waals surface area contributed by atoms with Crippen molar-refractivity contribution in [2.24, 2.45) is 0 Å². The van der Waals surface area contributed by atoms with E-state index in [-0.39, 0.29) is 16.9 Å². The van der Waals surface area contributed by atoms with Crippen LogP contribution in [0.2, 0.25) is 0 Å². The Kier molecular flexibility index (Phi) is 4.16. The second-order valence-electron chi connectivity index (χ2n) is 5.71. The maximum Gasteiger partial charge on any atom is 0.128 e. The first kappa shape index (κ1) is 16.2. The van der Waals surface area contributed by atoms with Gasteiger partial charge in [-0.25, -0.2) is 0 Å². The standard InChI is InChI=1S/C20H17N5/c1-13-3-9-16(10-4-13)25-19(14-5-7-15(24-2)8-6-14)17(11-21)18(12-22)20(25)23/h3-10,24H,23H2,1-2H3. The van der Waals surface area contributed by atoms with Gasteiger partial charge >= 0.3 is 0 Å². The number of anilines is 2. The van der Waals surface area contributed by atoms with Crippen LogP contribution in [0.25, 0.3) is 16.9 Å². The van der Waals surface area contributed by atoms with Crippen LogP contribution >= 0.6 is 0 Å². The highest BCUT2D eigenvalue weighted by Crippen LogP contribution is 2.36. The molecule has 0 aliphatic carbocycles. The Labute approximate surface area is 146 Å². The van der Waals surface area contributed by atoms with Gasteiger partial charge in [0, 0.05) is 24.0 Å². The van der Waals surface area contributed by atoms with Crippen molar-refractivity contribution >= 4 is 11.5 Å². The highest BCUT2D eigenvalue weighted by atomic mass is 15.1. The fraction of sp³-hybridized carbons (Fsp3) is 0.100. The summed E-state index contributed by atoms with van der Waals surface area (Å²) in [6.45, 7) is 2.00. The van der Waals surface area contributed by atoms with Crippen LogP contribution in [0.5, 0.6) is 0 Å². The van der Waals surface area contributed by atoms with Crippen molar-refractivity contribution in [3.05, 3.63) is 65.2 Å². The minimum atomic E-state index is 0.204. The number of nitriles is 2. The normalized spacial score (nSPS) is 10.1. The van der Waals surface area contributed by atoms with Crippen molar-refractivity contribution in [2.45, 2.75) is 6.92 Å². The number of aryl methyl sites for hydroxylation is 1. The quantitative estimate of drug-likeness (QED) is 0.765. The molecule has 0 aliphatic rings. The van der Waals surface area contributed by atoms with Gasteiger partial charge in [0.25, 0.3) is 0 Å². The molecule has 0 fully saturated rings. The summed E-state index contributed by atoms with van der Waals surface area (Å²) in [6, 6.07) is 19.7. The monoisotopic (exact) mass is 327 g/mol.